The summed E-state index contributed by atoms with van der Waals surface area (Å²) >= 11 is 0. The van der Waals surface area contributed by atoms with Crippen molar-refractivity contribution in [3.63, 3.8) is 0 Å². The van der Waals surface area contributed by atoms with Crippen molar-refractivity contribution in [2.75, 3.05) is 23.7 Å². The quantitative estimate of drug-likeness (QED) is 0.643. The van der Waals surface area contributed by atoms with E-state index in [4.69, 9.17) is 5.73 Å². The maximum Gasteiger partial charge on any atom is 0.224 e. The highest BCUT2D eigenvalue weighted by atomic mass is 15.1. The van der Waals surface area contributed by atoms with Gasteiger partial charge < -0.3 is 16.4 Å². The second kappa shape index (κ2) is 5.39. The molecule has 1 aromatic rings. The second-order valence-electron chi connectivity index (χ2n) is 3.28. The lowest BCUT2D eigenvalue weighted by atomic mass is 10.4. The fourth-order valence-electron chi connectivity index (χ4n) is 0.985. The molecule has 0 aliphatic heterocycles. The third kappa shape index (κ3) is 3.57. The minimum absolute atomic E-state index is 0.333. The first kappa shape index (κ1) is 10.7. The van der Waals surface area contributed by atoms with Crippen LogP contribution in [0.25, 0.3) is 0 Å². The molecule has 0 spiro atoms. The Kier molecular flexibility index (Phi) is 4.12. The van der Waals surface area contributed by atoms with Crippen molar-refractivity contribution in [3.8, 4) is 0 Å². The average Bonchev–Trinajstić information content (AvgIpc) is 2.14. The van der Waals surface area contributed by atoms with Gasteiger partial charge in [0.2, 0.25) is 5.95 Å². The molecule has 0 saturated carbocycles. The van der Waals surface area contributed by atoms with Gasteiger partial charge in [-0.05, 0) is 19.9 Å². The number of nitrogens with two attached hydrogens (primary N) is 1. The summed E-state index contributed by atoms with van der Waals surface area (Å²) in [5.74, 6) is 1.44. The Bertz CT molecular complexity index is 274. The number of nitrogens with one attached hydrogen (secondary N) is 2. The number of hydrogen-bond donors (Lipinski definition) is 3. The van der Waals surface area contributed by atoms with Gasteiger partial charge in [-0.3, -0.25) is 0 Å². The molecule has 78 valence electrons. The highest BCUT2D eigenvalue weighted by Gasteiger charge is 1.99. The van der Waals surface area contributed by atoms with E-state index in [-0.39, 0.29) is 0 Å². The highest BCUT2D eigenvalue weighted by Crippen LogP contribution is 2.05. The molecule has 5 heteroatoms. The van der Waals surface area contributed by atoms with E-state index in [1.165, 1.54) is 0 Å². The first-order valence-electron chi connectivity index (χ1n) is 4.76. The van der Waals surface area contributed by atoms with E-state index in [0.717, 1.165) is 12.4 Å². The summed E-state index contributed by atoms with van der Waals surface area (Å²) in [6.07, 6.45) is 1.72. The molecule has 1 aromatic heterocycles. The maximum absolute atomic E-state index is 5.37. The lowest BCUT2D eigenvalue weighted by molar-refractivity contribution is 0.873. The van der Waals surface area contributed by atoms with Crippen LogP contribution in [-0.2, 0) is 0 Å². The molecule has 0 amide bonds. The molecule has 0 fully saturated rings. The topological polar surface area (TPSA) is 75.9 Å². The fourth-order valence-corrected chi connectivity index (χ4v) is 0.985. The van der Waals surface area contributed by atoms with Crippen LogP contribution < -0.4 is 16.4 Å². The van der Waals surface area contributed by atoms with Crippen molar-refractivity contribution >= 4 is 11.8 Å². The van der Waals surface area contributed by atoms with Gasteiger partial charge in [-0.1, -0.05) is 0 Å². The van der Waals surface area contributed by atoms with Crippen molar-refractivity contribution < 1.29 is 0 Å². The Morgan fingerprint density at radius 1 is 1.50 bits per heavy atom. The van der Waals surface area contributed by atoms with Crippen LogP contribution in [0.5, 0.6) is 0 Å². The van der Waals surface area contributed by atoms with E-state index >= 15 is 0 Å². The minimum Gasteiger partial charge on any atom is -0.369 e. The van der Waals surface area contributed by atoms with Crippen LogP contribution in [0.3, 0.4) is 0 Å². The molecule has 5 nitrogen and oxygen atoms in total. The second-order valence-corrected chi connectivity index (χ2v) is 3.28. The smallest absolute Gasteiger partial charge is 0.224 e. The summed E-state index contributed by atoms with van der Waals surface area (Å²) in [4.78, 5) is 8.36. The summed E-state index contributed by atoms with van der Waals surface area (Å²) in [6, 6.07) is 2.15. The van der Waals surface area contributed by atoms with Gasteiger partial charge in [-0.2, -0.15) is 4.98 Å². The molecule has 0 bridgehead atoms. The molecule has 1 rings (SSSR count). The Morgan fingerprint density at radius 2 is 2.29 bits per heavy atom. The summed E-state index contributed by atoms with van der Waals surface area (Å²) in [5, 5.41) is 6.22. The largest absolute Gasteiger partial charge is 0.369 e. The third-order valence-electron chi connectivity index (χ3n) is 1.52. The molecule has 0 unspecified atom stereocenters. The predicted octanol–water partition coefficient (Wildman–Crippen LogP) is 0.667. The van der Waals surface area contributed by atoms with Crippen LogP contribution in [0.1, 0.15) is 13.8 Å². The molecular formula is C9H17N5. The van der Waals surface area contributed by atoms with Gasteiger partial charge in [0.05, 0.1) is 0 Å². The van der Waals surface area contributed by atoms with Gasteiger partial charge in [0.25, 0.3) is 0 Å². The van der Waals surface area contributed by atoms with E-state index in [1.807, 2.05) is 19.9 Å². The SMILES string of the molecule is CC(C)Nc1nccc(NCCN)n1. The van der Waals surface area contributed by atoms with E-state index < -0.39 is 0 Å². The fraction of sp³-hybridized carbons (Fsp3) is 0.556. The number of hydrogen-bond acceptors (Lipinski definition) is 5. The zero-order valence-corrected chi connectivity index (χ0v) is 8.62. The Balaban J connectivity index is 2.59. The molecule has 0 aromatic carbocycles. The Morgan fingerprint density at radius 3 is 2.93 bits per heavy atom. The molecule has 0 radical (unpaired) electrons. The van der Waals surface area contributed by atoms with Crippen molar-refractivity contribution in [2.24, 2.45) is 5.73 Å². The van der Waals surface area contributed by atoms with Gasteiger partial charge in [0.1, 0.15) is 5.82 Å². The highest BCUT2D eigenvalue weighted by molar-refractivity contribution is 5.39. The third-order valence-corrected chi connectivity index (χ3v) is 1.52. The first-order valence-corrected chi connectivity index (χ1v) is 4.76. The number of anilines is 2. The standard InChI is InChI=1S/C9H17N5/c1-7(2)13-9-12-5-3-8(14-9)11-6-4-10/h3,5,7H,4,6,10H2,1-2H3,(H2,11,12,13,14). The number of aromatic nitrogens is 2. The monoisotopic (exact) mass is 195 g/mol. The van der Waals surface area contributed by atoms with E-state index in [2.05, 4.69) is 20.6 Å². The molecule has 0 aliphatic carbocycles. The zero-order chi connectivity index (χ0) is 10.4. The van der Waals surface area contributed by atoms with Crippen LogP contribution in [0, 0.1) is 0 Å². The molecular weight excluding hydrogens is 178 g/mol. The van der Waals surface area contributed by atoms with Crippen LogP contribution in [-0.4, -0.2) is 29.1 Å². The van der Waals surface area contributed by atoms with E-state index in [0.29, 0.717) is 18.5 Å². The molecule has 14 heavy (non-hydrogen) atoms. The lowest BCUT2D eigenvalue weighted by Gasteiger charge is -2.09. The minimum atomic E-state index is 0.333. The molecule has 0 atom stereocenters. The zero-order valence-electron chi connectivity index (χ0n) is 8.62. The number of rotatable bonds is 5. The Hall–Kier alpha value is -1.36. The summed E-state index contributed by atoms with van der Waals surface area (Å²) in [6.45, 7) is 5.40. The van der Waals surface area contributed by atoms with Gasteiger partial charge >= 0.3 is 0 Å². The van der Waals surface area contributed by atoms with Gasteiger partial charge in [0, 0.05) is 25.3 Å². The summed E-state index contributed by atoms with van der Waals surface area (Å²) < 4.78 is 0. The number of nitrogens with zero attached hydrogens (tertiary/aromatic N) is 2. The predicted molar refractivity (Wildman–Crippen MR) is 58.3 cm³/mol. The maximum atomic E-state index is 5.37. The molecule has 1 heterocycles. The first-order chi connectivity index (χ1) is 6.72. The molecule has 4 N–H and O–H groups in total. The van der Waals surface area contributed by atoms with Gasteiger partial charge in [-0.25, -0.2) is 4.98 Å². The van der Waals surface area contributed by atoms with Crippen LogP contribution in [0.15, 0.2) is 12.3 Å². The lowest BCUT2D eigenvalue weighted by Crippen LogP contribution is -2.16. The molecule has 0 saturated heterocycles. The normalized spacial score (nSPS) is 10.3. The van der Waals surface area contributed by atoms with Gasteiger partial charge in [-0.15, -0.1) is 0 Å². The van der Waals surface area contributed by atoms with Crippen LogP contribution in [0.2, 0.25) is 0 Å². The van der Waals surface area contributed by atoms with Crippen LogP contribution in [0.4, 0.5) is 11.8 Å². The van der Waals surface area contributed by atoms with Crippen LogP contribution >= 0.6 is 0 Å². The van der Waals surface area contributed by atoms with E-state index in [1.54, 1.807) is 6.20 Å². The Labute approximate surface area is 84.1 Å². The van der Waals surface area contributed by atoms with Crippen molar-refractivity contribution in [1.29, 1.82) is 0 Å². The van der Waals surface area contributed by atoms with Gasteiger partial charge in [0.15, 0.2) is 0 Å². The van der Waals surface area contributed by atoms with Crippen molar-refractivity contribution in [3.05, 3.63) is 12.3 Å². The van der Waals surface area contributed by atoms with Crippen molar-refractivity contribution in [2.45, 2.75) is 19.9 Å². The summed E-state index contributed by atoms with van der Waals surface area (Å²) in [7, 11) is 0. The van der Waals surface area contributed by atoms with E-state index in [9.17, 15) is 0 Å². The summed E-state index contributed by atoms with van der Waals surface area (Å²) in [5.41, 5.74) is 5.37. The van der Waals surface area contributed by atoms with Crippen molar-refractivity contribution in [1.82, 2.24) is 9.97 Å². The molecule has 0 aliphatic rings. The average molecular weight is 195 g/mol.